The van der Waals surface area contributed by atoms with Gasteiger partial charge in [-0.15, -0.1) is 0 Å². The molecule has 110 valence electrons. The van der Waals surface area contributed by atoms with E-state index in [2.05, 4.69) is 17.6 Å². The van der Waals surface area contributed by atoms with Crippen molar-refractivity contribution < 1.29 is 0 Å². The summed E-state index contributed by atoms with van der Waals surface area (Å²) in [6, 6.07) is 0. The van der Waals surface area contributed by atoms with Gasteiger partial charge in [0.2, 0.25) is 0 Å². The van der Waals surface area contributed by atoms with Crippen LogP contribution in [0.25, 0.3) is 0 Å². The first-order chi connectivity index (χ1) is 9.30. The number of nitrogens with one attached hydrogen (secondary N) is 2. The lowest BCUT2D eigenvalue weighted by atomic mass is 9.49. The van der Waals surface area contributed by atoms with Gasteiger partial charge in [-0.1, -0.05) is 6.92 Å². The largest absolute Gasteiger partial charge is 0.315 e. The highest BCUT2D eigenvalue weighted by atomic mass is 14.9. The van der Waals surface area contributed by atoms with Crippen molar-refractivity contribution in [3.05, 3.63) is 0 Å². The van der Waals surface area contributed by atoms with Gasteiger partial charge in [0.05, 0.1) is 0 Å². The molecule has 0 heterocycles. The van der Waals surface area contributed by atoms with Gasteiger partial charge in [0.15, 0.2) is 0 Å². The lowest BCUT2D eigenvalue weighted by Gasteiger charge is -2.57. The van der Waals surface area contributed by atoms with Gasteiger partial charge >= 0.3 is 0 Å². The summed E-state index contributed by atoms with van der Waals surface area (Å²) >= 11 is 0. The van der Waals surface area contributed by atoms with Crippen LogP contribution >= 0.6 is 0 Å². The lowest BCUT2D eigenvalue weighted by Crippen LogP contribution is -2.47. The standard InChI is InChI=1S/C17H32N2/c1-2-4-18-6-7-19-5-3-17-11-14-8-15(12-17)10-16(9-14)13-17/h14-16,18-19H,2-13H2,1H3. The van der Waals surface area contributed by atoms with Crippen LogP contribution in [-0.4, -0.2) is 26.2 Å². The molecule has 4 saturated carbocycles. The molecule has 0 amide bonds. The zero-order valence-electron chi connectivity index (χ0n) is 12.7. The smallest absolute Gasteiger partial charge is 0.00767 e. The minimum Gasteiger partial charge on any atom is -0.315 e. The van der Waals surface area contributed by atoms with Crippen LogP contribution in [0.5, 0.6) is 0 Å². The van der Waals surface area contributed by atoms with Crippen molar-refractivity contribution in [3.63, 3.8) is 0 Å². The molecule has 0 atom stereocenters. The summed E-state index contributed by atoms with van der Waals surface area (Å²) in [5.41, 5.74) is 0.762. The van der Waals surface area contributed by atoms with Gasteiger partial charge < -0.3 is 10.6 Å². The topological polar surface area (TPSA) is 24.1 Å². The minimum absolute atomic E-state index is 0.762. The molecule has 0 aliphatic heterocycles. The van der Waals surface area contributed by atoms with Crippen LogP contribution in [-0.2, 0) is 0 Å². The van der Waals surface area contributed by atoms with E-state index in [4.69, 9.17) is 0 Å². The second kappa shape index (κ2) is 6.13. The molecule has 0 aromatic heterocycles. The van der Waals surface area contributed by atoms with Crippen molar-refractivity contribution in [1.82, 2.24) is 10.6 Å². The van der Waals surface area contributed by atoms with Gasteiger partial charge in [-0.05, 0) is 87.6 Å². The summed E-state index contributed by atoms with van der Waals surface area (Å²) in [6.07, 6.45) is 12.1. The molecule has 2 N–H and O–H groups in total. The Hall–Kier alpha value is -0.0800. The highest BCUT2D eigenvalue weighted by Crippen LogP contribution is 2.61. The van der Waals surface area contributed by atoms with Crippen molar-refractivity contribution >= 4 is 0 Å². The van der Waals surface area contributed by atoms with Gasteiger partial charge in [-0.25, -0.2) is 0 Å². The van der Waals surface area contributed by atoms with Crippen LogP contribution < -0.4 is 10.6 Å². The Morgan fingerprint density at radius 2 is 1.32 bits per heavy atom. The fraction of sp³-hybridized carbons (Fsp3) is 1.00. The quantitative estimate of drug-likeness (QED) is 0.658. The molecule has 4 fully saturated rings. The molecule has 4 bridgehead atoms. The van der Waals surface area contributed by atoms with E-state index >= 15 is 0 Å². The first-order valence-corrected chi connectivity index (χ1v) is 8.71. The van der Waals surface area contributed by atoms with Crippen LogP contribution in [0.4, 0.5) is 0 Å². The molecular formula is C17H32N2. The van der Waals surface area contributed by atoms with Gasteiger partial charge in [0.25, 0.3) is 0 Å². The summed E-state index contributed by atoms with van der Waals surface area (Å²) in [6.45, 7) is 6.92. The van der Waals surface area contributed by atoms with E-state index in [9.17, 15) is 0 Å². The first-order valence-electron chi connectivity index (χ1n) is 8.71. The second-order valence-corrected chi connectivity index (χ2v) is 7.67. The number of hydrogen-bond donors (Lipinski definition) is 2. The maximum absolute atomic E-state index is 3.66. The van der Waals surface area contributed by atoms with E-state index in [0.29, 0.717) is 0 Å². The number of rotatable bonds is 8. The molecule has 4 aliphatic carbocycles. The summed E-state index contributed by atoms with van der Waals surface area (Å²) in [4.78, 5) is 0. The maximum Gasteiger partial charge on any atom is 0.00767 e. The molecule has 0 spiro atoms. The average Bonchev–Trinajstić information content (AvgIpc) is 2.36. The Kier molecular flexibility index (Phi) is 4.48. The second-order valence-electron chi connectivity index (χ2n) is 7.67. The Bertz CT molecular complexity index is 252. The molecule has 19 heavy (non-hydrogen) atoms. The highest BCUT2D eigenvalue weighted by molar-refractivity contribution is 5.01. The van der Waals surface area contributed by atoms with E-state index in [1.54, 1.807) is 38.5 Å². The summed E-state index contributed by atoms with van der Waals surface area (Å²) in [5.74, 6) is 3.33. The zero-order valence-corrected chi connectivity index (χ0v) is 12.7. The van der Waals surface area contributed by atoms with E-state index in [0.717, 1.165) is 42.8 Å². The minimum atomic E-state index is 0.762. The Morgan fingerprint density at radius 1 is 0.789 bits per heavy atom. The molecule has 4 aliphatic rings. The van der Waals surface area contributed by atoms with Gasteiger partial charge in [-0.3, -0.25) is 0 Å². The van der Waals surface area contributed by atoms with Crippen LogP contribution in [0.3, 0.4) is 0 Å². The fourth-order valence-electron chi connectivity index (χ4n) is 5.55. The summed E-state index contributed by atoms with van der Waals surface area (Å²) in [5, 5.41) is 7.12. The van der Waals surface area contributed by atoms with Crippen LogP contribution in [0.2, 0.25) is 0 Å². The Balaban J connectivity index is 1.36. The van der Waals surface area contributed by atoms with Crippen molar-refractivity contribution in [3.8, 4) is 0 Å². The molecule has 0 saturated heterocycles. The predicted molar refractivity (Wildman–Crippen MR) is 81.3 cm³/mol. The van der Waals surface area contributed by atoms with Gasteiger partial charge in [0, 0.05) is 13.1 Å². The third-order valence-electron chi connectivity index (χ3n) is 5.90. The Labute approximate surface area is 119 Å². The molecule has 2 heteroatoms. The normalized spacial score (nSPS) is 39.9. The van der Waals surface area contributed by atoms with E-state index in [1.807, 2.05) is 0 Å². The van der Waals surface area contributed by atoms with E-state index in [-0.39, 0.29) is 0 Å². The van der Waals surface area contributed by atoms with Crippen molar-refractivity contribution in [2.24, 2.45) is 23.2 Å². The van der Waals surface area contributed by atoms with Crippen molar-refractivity contribution in [2.75, 3.05) is 26.2 Å². The monoisotopic (exact) mass is 264 g/mol. The molecular weight excluding hydrogens is 232 g/mol. The van der Waals surface area contributed by atoms with E-state index < -0.39 is 0 Å². The molecule has 2 nitrogen and oxygen atoms in total. The number of hydrogen-bond acceptors (Lipinski definition) is 2. The molecule has 4 rings (SSSR count). The summed E-state index contributed by atoms with van der Waals surface area (Å²) in [7, 11) is 0. The lowest BCUT2D eigenvalue weighted by molar-refractivity contribution is -0.0567. The van der Waals surface area contributed by atoms with Gasteiger partial charge in [-0.2, -0.15) is 0 Å². The van der Waals surface area contributed by atoms with Crippen LogP contribution in [0, 0.1) is 23.2 Å². The maximum atomic E-state index is 3.66. The van der Waals surface area contributed by atoms with E-state index in [1.165, 1.54) is 19.4 Å². The molecule has 0 aromatic carbocycles. The predicted octanol–water partition coefficient (Wildman–Crippen LogP) is 3.18. The third kappa shape index (κ3) is 3.33. The van der Waals surface area contributed by atoms with Crippen molar-refractivity contribution in [1.29, 1.82) is 0 Å². The Morgan fingerprint density at radius 3 is 1.84 bits per heavy atom. The zero-order chi connectivity index (χ0) is 13.1. The fourth-order valence-corrected chi connectivity index (χ4v) is 5.55. The van der Waals surface area contributed by atoms with Gasteiger partial charge in [0.1, 0.15) is 0 Å². The molecule has 0 aromatic rings. The molecule has 0 unspecified atom stereocenters. The van der Waals surface area contributed by atoms with Crippen LogP contribution in [0.1, 0.15) is 58.3 Å². The third-order valence-corrected chi connectivity index (χ3v) is 5.90. The SMILES string of the molecule is CCCNCCNCCC12CC3CC(CC(C3)C1)C2. The van der Waals surface area contributed by atoms with Crippen LogP contribution in [0.15, 0.2) is 0 Å². The first kappa shape index (κ1) is 13.9. The summed E-state index contributed by atoms with van der Waals surface area (Å²) < 4.78 is 0. The molecule has 0 radical (unpaired) electrons. The highest BCUT2D eigenvalue weighted by Gasteiger charge is 2.50. The average molecular weight is 264 g/mol. The van der Waals surface area contributed by atoms with Crippen molar-refractivity contribution in [2.45, 2.75) is 58.3 Å².